The molecule has 0 amide bonds. The summed E-state index contributed by atoms with van der Waals surface area (Å²) in [7, 11) is 0. The number of carbonyl (C=O) groups excluding carboxylic acids is 1. The second kappa shape index (κ2) is 10.5. The highest BCUT2D eigenvalue weighted by molar-refractivity contribution is 5.82. The molecule has 0 unspecified atom stereocenters. The minimum absolute atomic E-state index is 0.0608. The molecule has 0 saturated heterocycles. The number of pyridine rings is 1. The molecule has 3 aromatic rings. The average molecular weight is 428 g/mol. The maximum Gasteiger partial charge on any atom is 0.387 e. The minimum Gasteiger partial charge on any atom is -0.489 e. The third-order valence-electron chi connectivity index (χ3n) is 4.40. The number of rotatable bonds is 11. The first-order valence-corrected chi connectivity index (χ1v) is 9.65. The van der Waals surface area contributed by atoms with Gasteiger partial charge in [-0.05, 0) is 43.2 Å². The number of aryl methyl sites for hydroxylation is 1. The molecule has 0 N–H and O–H groups in total. The molecule has 2 heterocycles. The van der Waals surface area contributed by atoms with E-state index in [1.165, 1.54) is 18.4 Å². The van der Waals surface area contributed by atoms with E-state index in [2.05, 4.69) is 21.3 Å². The molecule has 8 heteroatoms. The Hall–Kier alpha value is -3.55. The number of carbonyl (C=O) groups is 1. The summed E-state index contributed by atoms with van der Waals surface area (Å²) < 4.78 is 41.1. The smallest absolute Gasteiger partial charge is 0.387 e. The Morgan fingerprint density at radius 3 is 2.84 bits per heavy atom. The normalized spacial score (nSPS) is 10.8. The van der Waals surface area contributed by atoms with Crippen molar-refractivity contribution in [3.63, 3.8) is 0 Å². The van der Waals surface area contributed by atoms with Gasteiger partial charge in [0.1, 0.15) is 12.0 Å². The summed E-state index contributed by atoms with van der Waals surface area (Å²) in [5.74, 6) is 0.180. The van der Waals surface area contributed by atoms with E-state index in [0.717, 1.165) is 11.3 Å². The maximum absolute atomic E-state index is 12.8. The fraction of sp³-hybridized carbons (Fsp3) is 0.261. The van der Waals surface area contributed by atoms with Crippen LogP contribution in [-0.4, -0.2) is 29.0 Å². The van der Waals surface area contributed by atoms with Crippen molar-refractivity contribution >= 4 is 5.78 Å². The molecular weight excluding hydrogens is 406 g/mol. The predicted molar refractivity (Wildman–Crippen MR) is 110 cm³/mol. The number of halogens is 2. The Kier molecular flexibility index (Phi) is 7.48. The van der Waals surface area contributed by atoms with Gasteiger partial charge in [-0.15, -0.1) is 6.58 Å². The number of ether oxygens (including phenoxy) is 2. The van der Waals surface area contributed by atoms with Gasteiger partial charge in [0.25, 0.3) is 0 Å². The van der Waals surface area contributed by atoms with Crippen molar-refractivity contribution in [2.45, 2.75) is 32.8 Å². The molecule has 6 nitrogen and oxygen atoms in total. The summed E-state index contributed by atoms with van der Waals surface area (Å²) in [6.45, 7) is 2.76. The molecule has 0 aliphatic rings. The first-order chi connectivity index (χ1) is 15.0. The van der Waals surface area contributed by atoms with E-state index in [0.29, 0.717) is 17.7 Å². The molecule has 0 aliphatic carbocycles. The summed E-state index contributed by atoms with van der Waals surface area (Å²) in [6.07, 6.45) is 5.51. The van der Waals surface area contributed by atoms with E-state index >= 15 is 0 Å². The molecule has 0 atom stereocenters. The van der Waals surface area contributed by atoms with Crippen LogP contribution in [0.3, 0.4) is 0 Å². The molecule has 0 aliphatic heterocycles. The van der Waals surface area contributed by atoms with Crippen LogP contribution in [-0.2, 0) is 17.6 Å². The van der Waals surface area contributed by atoms with Gasteiger partial charge in [0.15, 0.2) is 11.5 Å². The number of nitrogens with zero attached hydrogens (tertiary/aromatic N) is 2. The second-order valence-corrected chi connectivity index (χ2v) is 6.77. The molecule has 0 radical (unpaired) electrons. The number of alkyl halides is 2. The number of oxazole rings is 1. The average Bonchev–Trinajstić information content (AvgIpc) is 3.19. The fourth-order valence-electron chi connectivity index (χ4n) is 2.88. The maximum atomic E-state index is 12.8. The highest BCUT2D eigenvalue weighted by Gasteiger charge is 2.16. The lowest BCUT2D eigenvalue weighted by atomic mass is 10.1. The number of aromatic nitrogens is 2. The molecule has 162 valence electrons. The first kappa shape index (κ1) is 22.1. The summed E-state index contributed by atoms with van der Waals surface area (Å²) in [4.78, 5) is 20.9. The summed E-state index contributed by atoms with van der Waals surface area (Å²) in [5, 5.41) is 0. The number of Topliss-reactive ketones (excluding diaryl/α,β-unsaturated/α-hetero) is 1. The highest BCUT2D eigenvalue weighted by Crippen LogP contribution is 2.33. The summed E-state index contributed by atoms with van der Waals surface area (Å²) >= 11 is 0. The lowest BCUT2D eigenvalue weighted by molar-refractivity contribution is -0.117. The second-order valence-electron chi connectivity index (χ2n) is 6.77. The van der Waals surface area contributed by atoms with Crippen molar-refractivity contribution in [2.75, 3.05) is 6.61 Å². The molecule has 3 rings (SSSR count). The van der Waals surface area contributed by atoms with Gasteiger partial charge in [0, 0.05) is 18.2 Å². The SMILES string of the molecule is C=CCCOc1ccc(-c2nc(CC(=O)Cc3ncccc3C)co2)cc1OC(F)F. The van der Waals surface area contributed by atoms with Gasteiger partial charge in [-0.1, -0.05) is 12.1 Å². The monoisotopic (exact) mass is 428 g/mol. The largest absolute Gasteiger partial charge is 0.489 e. The molecule has 0 bridgehead atoms. The van der Waals surface area contributed by atoms with E-state index in [4.69, 9.17) is 9.15 Å². The Bertz CT molecular complexity index is 1050. The Morgan fingerprint density at radius 1 is 1.26 bits per heavy atom. The van der Waals surface area contributed by atoms with Crippen molar-refractivity contribution in [3.05, 3.63) is 72.4 Å². The predicted octanol–water partition coefficient (Wildman–Crippen LogP) is 4.96. The number of hydrogen-bond donors (Lipinski definition) is 0. The lowest BCUT2D eigenvalue weighted by Gasteiger charge is -2.12. The van der Waals surface area contributed by atoms with Crippen LogP contribution in [0.25, 0.3) is 11.5 Å². The van der Waals surface area contributed by atoms with E-state index in [-0.39, 0.29) is 42.6 Å². The van der Waals surface area contributed by atoms with Crippen molar-refractivity contribution in [3.8, 4) is 23.0 Å². The Balaban J connectivity index is 1.72. The minimum atomic E-state index is -3.01. The quantitative estimate of drug-likeness (QED) is 0.318. The summed E-state index contributed by atoms with van der Waals surface area (Å²) in [6, 6.07) is 8.21. The standard InChI is InChI=1S/C23H22F2N2O4/c1-3-4-10-29-20-8-7-16(11-21(20)31-23(24)25)22-27-17(14-30-22)12-18(28)13-19-15(2)6-5-9-26-19/h3,5-9,11,14,23H,1,4,10,12-13H2,2H3. The van der Waals surface area contributed by atoms with Gasteiger partial charge >= 0.3 is 6.61 Å². The van der Waals surface area contributed by atoms with Crippen molar-refractivity contribution in [1.29, 1.82) is 0 Å². The van der Waals surface area contributed by atoms with Gasteiger partial charge in [0.05, 0.1) is 24.4 Å². The fourth-order valence-corrected chi connectivity index (χ4v) is 2.88. The molecule has 2 aromatic heterocycles. The lowest BCUT2D eigenvalue weighted by Crippen LogP contribution is -2.09. The van der Waals surface area contributed by atoms with Crippen LogP contribution in [0, 0.1) is 6.92 Å². The van der Waals surface area contributed by atoms with E-state index < -0.39 is 6.61 Å². The van der Waals surface area contributed by atoms with E-state index in [1.54, 1.807) is 18.3 Å². The van der Waals surface area contributed by atoms with Crippen molar-refractivity contribution in [2.24, 2.45) is 0 Å². The summed E-state index contributed by atoms with van der Waals surface area (Å²) in [5.41, 5.74) is 2.53. The number of ketones is 1. The van der Waals surface area contributed by atoms with E-state index in [9.17, 15) is 13.6 Å². The van der Waals surface area contributed by atoms with Gasteiger partial charge in [-0.3, -0.25) is 9.78 Å². The third kappa shape index (κ3) is 6.21. The van der Waals surface area contributed by atoms with Gasteiger partial charge in [-0.25, -0.2) is 4.98 Å². The topological polar surface area (TPSA) is 74.5 Å². The Labute approximate surface area is 178 Å². The number of benzene rings is 1. The van der Waals surface area contributed by atoms with Crippen LogP contribution in [0.2, 0.25) is 0 Å². The van der Waals surface area contributed by atoms with Crippen LogP contribution in [0.4, 0.5) is 8.78 Å². The Morgan fingerprint density at radius 2 is 2.10 bits per heavy atom. The zero-order valence-corrected chi connectivity index (χ0v) is 17.0. The molecule has 0 saturated carbocycles. The van der Waals surface area contributed by atoms with Crippen molar-refractivity contribution in [1.82, 2.24) is 9.97 Å². The van der Waals surface area contributed by atoms with Crippen LogP contribution in [0.5, 0.6) is 11.5 Å². The highest BCUT2D eigenvalue weighted by atomic mass is 19.3. The molecule has 0 fully saturated rings. The van der Waals surface area contributed by atoms with Crippen LogP contribution >= 0.6 is 0 Å². The molecular formula is C23H22F2N2O4. The van der Waals surface area contributed by atoms with Gasteiger partial charge in [-0.2, -0.15) is 8.78 Å². The molecule has 0 spiro atoms. The zero-order valence-electron chi connectivity index (χ0n) is 17.0. The third-order valence-corrected chi connectivity index (χ3v) is 4.40. The molecule has 31 heavy (non-hydrogen) atoms. The van der Waals surface area contributed by atoms with Gasteiger partial charge in [0.2, 0.25) is 5.89 Å². The van der Waals surface area contributed by atoms with Crippen LogP contribution in [0.15, 0.2) is 59.9 Å². The van der Waals surface area contributed by atoms with Gasteiger partial charge < -0.3 is 13.9 Å². The van der Waals surface area contributed by atoms with E-state index in [1.807, 2.05) is 19.1 Å². The molecule has 1 aromatic carbocycles. The first-order valence-electron chi connectivity index (χ1n) is 9.65. The zero-order chi connectivity index (χ0) is 22.2. The number of hydrogen-bond acceptors (Lipinski definition) is 6. The van der Waals surface area contributed by atoms with Crippen molar-refractivity contribution < 1.29 is 27.5 Å². The van der Waals surface area contributed by atoms with Crippen LogP contribution in [0.1, 0.15) is 23.4 Å². The van der Waals surface area contributed by atoms with Crippen LogP contribution < -0.4 is 9.47 Å².